The highest BCUT2D eigenvalue weighted by atomic mass is 15.0. The molecule has 7 aromatic carbocycles. The van der Waals surface area contributed by atoms with Crippen LogP contribution in [0.5, 0.6) is 0 Å². The van der Waals surface area contributed by atoms with Gasteiger partial charge >= 0.3 is 0 Å². The fraction of sp³-hybridized carbons (Fsp3) is 0. The standard InChI is InChI=1S/C54H35N5/c1-4-12-36(13-5-1)38-20-24-41(25-21-38)48-34-49(42-26-22-39(23-27-42)37-14-6-2-7-15-37)57-53(56-48)44-30-28-43(29-31-44)52-46-32-33-59-35-50(40-16-8-3-9-17-40)58-54(59)51(46)45-18-10-11-19-47(45)55-52/h1-35H. The van der Waals surface area contributed by atoms with Crippen molar-refractivity contribution >= 4 is 27.3 Å². The second-order valence-corrected chi connectivity index (χ2v) is 14.7. The highest BCUT2D eigenvalue weighted by Gasteiger charge is 2.17. The van der Waals surface area contributed by atoms with Crippen LogP contribution in [-0.2, 0) is 0 Å². The van der Waals surface area contributed by atoms with Crippen molar-refractivity contribution < 1.29 is 0 Å². The molecule has 0 N–H and O–H groups in total. The summed E-state index contributed by atoms with van der Waals surface area (Å²) < 4.78 is 2.12. The van der Waals surface area contributed by atoms with E-state index in [4.69, 9.17) is 19.9 Å². The fourth-order valence-electron chi connectivity index (χ4n) is 8.02. The van der Waals surface area contributed by atoms with E-state index in [-0.39, 0.29) is 0 Å². The van der Waals surface area contributed by atoms with Gasteiger partial charge in [-0.1, -0.05) is 182 Å². The molecule has 0 aliphatic carbocycles. The molecule has 0 aliphatic rings. The first-order valence-corrected chi connectivity index (χ1v) is 19.8. The Morgan fingerprint density at radius 2 is 0.780 bits per heavy atom. The molecule has 4 aromatic heterocycles. The van der Waals surface area contributed by atoms with Crippen molar-refractivity contribution in [2.24, 2.45) is 0 Å². The maximum absolute atomic E-state index is 5.24. The second kappa shape index (κ2) is 14.5. The summed E-state index contributed by atoms with van der Waals surface area (Å²) >= 11 is 0. The van der Waals surface area contributed by atoms with Gasteiger partial charge in [-0.2, -0.15) is 0 Å². The molecule has 0 amide bonds. The van der Waals surface area contributed by atoms with E-state index in [1.807, 2.05) is 36.4 Å². The number of rotatable bonds is 7. The average Bonchev–Trinajstić information content (AvgIpc) is 3.77. The van der Waals surface area contributed by atoms with Crippen LogP contribution < -0.4 is 0 Å². The first kappa shape index (κ1) is 34.2. The van der Waals surface area contributed by atoms with E-state index < -0.39 is 0 Å². The van der Waals surface area contributed by atoms with Crippen LogP contribution in [0.15, 0.2) is 213 Å². The molecule has 0 spiro atoms. The molecular formula is C54H35N5. The number of benzene rings is 7. The van der Waals surface area contributed by atoms with E-state index in [2.05, 4.69) is 181 Å². The van der Waals surface area contributed by atoms with Crippen molar-refractivity contribution in [3.63, 3.8) is 0 Å². The van der Waals surface area contributed by atoms with Gasteiger partial charge in [0.1, 0.15) is 5.65 Å². The molecule has 0 fully saturated rings. The lowest BCUT2D eigenvalue weighted by molar-refractivity contribution is 1.18. The second-order valence-electron chi connectivity index (χ2n) is 14.7. The number of hydrogen-bond donors (Lipinski definition) is 0. The van der Waals surface area contributed by atoms with Crippen LogP contribution in [0.3, 0.4) is 0 Å². The topological polar surface area (TPSA) is 56.0 Å². The lowest BCUT2D eigenvalue weighted by Gasteiger charge is -2.13. The highest BCUT2D eigenvalue weighted by molar-refractivity contribution is 6.16. The Kier molecular flexibility index (Phi) is 8.41. The Morgan fingerprint density at radius 1 is 0.322 bits per heavy atom. The van der Waals surface area contributed by atoms with Gasteiger partial charge < -0.3 is 4.40 Å². The van der Waals surface area contributed by atoms with Crippen molar-refractivity contribution in [2.75, 3.05) is 0 Å². The van der Waals surface area contributed by atoms with Crippen LogP contribution >= 0.6 is 0 Å². The van der Waals surface area contributed by atoms with Crippen LogP contribution in [0, 0.1) is 0 Å². The maximum atomic E-state index is 5.24. The van der Waals surface area contributed by atoms with Crippen molar-refractivity contribution in [3.8, 4) is 78.7 Å². The van der Waals surface area contributed by atoms with Gasteiger partial charge in [-0.3, -0.25) is 0 Å². The summed E-state index contributed by atoms with van der Waals surface area (Å²) in [5.74, 6) is 0.659. The fourth-order valence-corrected chi connectivity index (χ4v) is 8.02. The summed E-state index contributed by atoms with van der Waals surface area (Å²) in [6, 6.07) is 69.5. The van der Waals surface area contributed by atoms with Gasteiger partial charge in [0, 0.05) is 56.4 Å². The largest absolute Gasteiger partial charge is 0.306 e. The van der Waals surface area contributed by atoms with Crippen molar-refractivity contribution in [2.45, 2.75) is 0 Å². The number of aromatic nitrogens is 5. The smallest absolute Gasteiger partial charge is 0.160 e. The Hall–Kier alpha value is -8.02. The molecule has 0 atom stereocenters. The van der Waals surface area contributed by atoms with E-state index >= 15 is 0 Å². The molecule has 0 radical (unpaired) electrons. The zero-order chi connectivity index (χ0) is 39.1. The molecule has 0 saturated heterocycles. The number of pyridine rings is 2. The van der Waals surface area contributed by atoms with Gasteiger partial charge in [0.2, 0.25) is 0 Å². The molecule has 4 heterocycles. The number of fused-ring (bicyclic) bond motifs is 5. The molecule has 0 unspecified atom stereocenters. The normalized spacial score (nSPS) is 11.4. The zero-order valence-corrected chi connectivity index (χ0v) is 31.9. The number of para-hydroxylation sites is 1. The first-order chi connectivity index (χ1) is 29.2. The van der Waals surface area contributed by atoms with E-state index in [1.54, 1.807) is 0 Å². The summed E-state index contributed by atoms with van der Waals surface area (Å²) in [5.41, 5.74) is 15.2. The minimum absolute atomic E-state index is 0.659. The van der Waals surface area contributed by atoms with E-state index in [1.165, 1.54) is 11.1 Å². The van der Waals surface area contributed by atoms with Gasteiger partial charge in [0.05, 0.1) is 28.3 Å². The molecule has 59 heavy (non-hydrogen) atoms. The summed E-state index contributed by atoms with van der Waals surface area (Å²) in [5, 5.41) is 3.20. The molecule has 0 saturated carbocycles. The lowest BCUT2D eigenvalue weighted by atomic mass is 9.99. The van der Waals surface area contributed by atoms with E-state index in [0.29, 0.717) is 5.82 Å². The first-order valence-electron chi connectivity index (χ1n) is 19.8. The van der Waals surface area contributed by atoms with Crippen LogP contribution in [0.25, 0.3) is 106 Å². The number of hydrogen-bond acceptors (Lipinski definition) is 4. The number of nitrogens with zero attached hydrogens (tertiary/aromatic N) is 5. The molecule has 5 heteroatoms. The molecule has 11 aromatic rings. The quantitative estimate of drug-likeness (QED) is 0.152. The van der Waals surface area contributed by atoms with Crippen LogP contribution in [0.4, 0.5) is 0 Å². The van der Waals surface area contributed by atoms with Crippen LogP contribution in [0.2, 0.25) is 0 Å². The van der Waals surface area contributed by atoms with Gasteiger partial charge in [-0.15, -0.1) is 0 Å². The van der Waals surface area contributed by atoms with Crippen LogP contribution in [0.1, 0.15) is 0 Å². The Labute approximate surface area is 341 Å². The Bertz CT molecular complexity index is 3170. The summed E-state index contributed by atoms with van der Waals surface area (Å²) in [6.45, 7) is 0. The lowest BCUT2D eigenvalue weighted by Crippen LogP contribution is -1.96. The van der Waals surface area contributed by atoms with Crippen molar-refractivity contribution in [1.29, 1.82) is 0 Å². The van der Waals surface area contributed by atoms with Gasteiger partial charge in [0.15, 0.2) is 5.82 Å². The van der Waals surface area contributed by atoms with E-state index in [9.17, 15) is 0 Å². The molecule has 0 bridgehead atoms. The predicted octanol–water partition coefficient (Wildman–Crippen LogP) is 13.5. The summed E-state index contributed by atoms with van der Waals surface area (Å²) in [4.78, 5) is 20.8. The maximum Gasteiger partial charge on any atom is 0.160 e. The third-order valence-electron chi connectivity index (χ3n) is 11.1. The zero-order valence-electron chi connectivity index (χ0n) is 31.9. The third-order valence-corrected chi connectivity index (χ3v) is 11.1. The van der Waals surface area contributed by atoms with Gasteiger partial charge in [-0.05, 0) is 40.5 Å². The highest BCUT2D eigenvalue weighted by Crippen LogP contribution is 2.37. The molecule has 0 aliphatic heterocycles. The Morgan fingerprint density at radius 3 is 1.37 bits per heavy atom. The average molecular weight is 754 g/mol. The van der Waals surface area contributed by atoms with Gasteiger partial charge in [-0.25, -0.2) is 19.9 Å². The van der Waals surface area contributed by atoms with E-state index in [0.717, 1.165) is 89.0 Å². The monoisotopic (exact) mass is 753 g/mol. The minimum atomic E-state index is 0.659. The molecule has 5 nitrogen and oxygen atoms in total. The summed E-state index contributed by atoms with van der Waals surface area (Å²) in [6.07, 6.45) is 4.19. The molecule has 276 valence electrons. The SMILES string of the molecule is c1ccc(-c2ccc(-c3cc(-c4ccc(-c5ccccc5)cc4)nc(-c4ccc(-c5nc6ccccc6c6c5ccn5cc(-c7ccccc7)nc65)cc4)n3)cc2)cc1. The minimum Gasteiger partial charge on any atom is -0.306 e. The molecular weight excluding hydrogens is 719 g/mol. The number of imidazole rings is 1. The summed E-state index contributed by atoms with van der Waals surface area (Å²) in [7, 11) is 0. The Balaban J connectivity index is 1.01. The van der Waals surface area contributed by atoms with Crippen molar-refractivity contribution in [3.05, 3.63) is 213 Å². The molecule has 11 rings (SSSR count). The predicted molar refractivity (Wildman–Crippen MR) is 242 cm³/mol. The third kappa shape index (κ3) is 6.41. The van der Waals surface area contributed by atoms with Crippen molar-refractivity contribution in [1.82, 2.24) is 24.3 Å². The van der Waals surface area contributed by atoms with Crippen LogP contribution in [-0.4, -0.2) is 24.3 Å². The van der Waals surface area contributed by atoms with Gasteiger partial charge in [0.25, 0.3) is 0 Å².